The summed E-state index contributed by atoms with van der Waals surface area (Å²) in [5.41, 5.74) is 4.04. The van der Waals surface area contributed by atoms with Crippen LogP contribution in [0.5, 0.6) is 0 Å². The predicted molar refractivity (Wildman–Crippen MR) is 112 cm³/mol. The first-order chi connectivity index (χ1) is 13.5. The monoisotopic (exact) mass is 390 g/mol. The molecule has 7 heteroatoms. The van der Waals surface area contributed by atoms with Crippen molar-refractivity contribution in [3.8, 4) is 17.3 Å². The van der Waals surface area contributed by atoms with E-state index in [4.69, 9.17) is 0 Å². The first kappa shape index (κ1) is 19.3. The van der Waals surface area contributed by atoms with Crippen LogP contribution < -0.4 is 5.32 Å². The molecule has 0 bridgehead atoms. The second-order valence-corrected chi connectivity index (χ2v) is 7.29. The lowest BCUT2D eigenvalue weighted by Gasteiger charge is -2.06. The zero-order valence-corrected chi connectivity index (χ0v) is 16.2. The van der Waals surface area contributed by atoms with Crippen LogP contribution in [0, 0.1) is 21.4 Å². The van der Waals surface area contributed by atoms with Gasteiger partial charge in [-0.15, -0.1) is 11.3 Å². The molecular weight excluding hydrogens is 372 g/mol. The van der Waals surface area contributed by atoms with Gasteiger partial charge in [0, 0.05) is 35.0 Å². The van der Waals surface area contributed by atoms with Crippen LogP contribution in [0.3, 0.4) is 0 Å². The smallest absolute Gasteiger partial charge is 0.269 e. The van der Waals surface area contributed by atoms with Crippen LogP contribution in [0.2, 0.25) is 0 Å². The lowest BCUT2D eigenvalue weighted by Crippen LogP contribution is -1.92. The molecule has 0 spiro atoms. The highest BCUT2D eigenvalue weighted by Gasteiger charge is 2.11. The van der Waals surface area contributed by atoms with Gasteiger partial charge in [-0.05, 0) is 35.7 Å². The van der Waals surface area contributed by atoms with Gasteiger partial charge in [0.15, 0.2) is 0 Å². The number of aromatic nitrogens is 1. The van der Waals surface area contributed by atoms with Gasteiger partial charge < -0.3 is 5.32 Å². The number of anilines is 1. The maximum Gasteiger partial charge on any atom is 0.269 e. The summed E-state index contributed by atoms with van der Waals surface area (Å²) in [7, 11) is 0. The van der Waals surface area contributed by atoms with E-state index in [9.17, 15) is 15.4 Å². The number of rotatable bonds is 6. The van der Waals surface area contributed by atoms with Gasteiger partial charge >= 0.3 is 0 Å². The lowest BCUT2D eigenvalue weighted by molar-refractivity contribution is -0.384. The molecule has 2 aromatic carbocycles. The van der Waals surface area contributed by atoms with E-state index >= 15 is 0 Å². The molecule has 0 fully saturated rings. The van der Waals surface area contributed by atoms with E-state index in [1.807, 2.05) is 17.5 Å². The summed E-state index contributed by atoms with van der Waals surface area (Å²) in [5.74, 6) is 0.465. The molecule has 0 saturated heterocycles. The fraction of sp³-hybridized carbons (Fsp3) is 0.143. The van der Waals surface area contributed by atoms with Crippen LogP contribution in [-0.2, 0) is 0 Å². The highest BCUT2D eigenvalue weighted by Crippen LogP contribution is 2.27. The van der Waals surface area contributed by atoms with E-state index in [0.29, 0.717) is 22.2 Å². The predicted octanol–water partition coefficient (Wildman–Crippen LogP) is 5.82. The lowest BCUT2D eigenvalue weighted by atomic mass is 10.0. The number of nitro groups is 1. The molecule has 0 aliphatic carbocycles. The summed E-state index contributed by atoms with van der Waals surface area (Å²) in [4.78, 5) is 14.8. The molecule has 1 heterocycles. The largest absolute Gasteiger partial charge is 0.360 e. The maximum atomic E-state index is 10.8. The zero-order chi connectivity index (χ0) is 20.1. The van der Waals surface area contributed by atoms with E-state index in [-0.39, 0.29) is 5.69 Å². The molecule has 28 heavy (non-hydrogen) atoms. The standard InChI is InChI=1S/C21H18N4O2S/c1-14(2)15-3-7-18(8-4-15)23-12-17(11-22)21-24-20(13-28-21)16-5-9-19(10-6-16)25(26)27/h3-10,12-14,23H,1-2H3/b17-12-. The van der Waals surface area contributed by atoms with Crippen molar-refractivity contribution >= 4 is 28.3 Å². The van der Waals surface area contributed by atoms with Gasteiger partial charge in [-0.3, -0.25) is 10.1 Å². The van der Waals surface area contributed by atoms with Crippen LogP contribution in [0.1, 0.15) is 30.3 Å². The van der Waals surface area contributed by atoms with Gasteiger partial charge in [0.25, 0.3) is 5.69 Å². The second-order valence-electron chi connectivity index (χ2n) is 6.43. The van der Waals surface area contributed by atoms with E-state index in [1.54, 1.807) is 18.3 Å². The van der Waals surface area contributed by atoms with Gasteiger partial charge in [0.05, 0.1) is 10.6 Å². The van der Waals surface area contributed by atoms with Gasteiger partial charge in [-0.2, -0.15) is 5.26 Å². The summed E-state index contributed by atoms with van der Waals surface area (Å²) >= 11 is 1.35. The Balaban J connectivity index is 1.77. The Kier molecular flexibility index (Phi) is 5.82. The Morgan fingerprint density at radius 1 is 1.21 bits per heavy atom. The number of nitro benzene ring substituents is 1. The highest BCUT2D eigenvalue weighted by molar-refractivity contribution is 7.11. The number of thiazole rings is 1. The number of nitrogens with zero attached hydrogens (tertiary/aromatic N) is 3. The molecule has 0 amide bonds. The van der Waals surface area contributed by atoms with Crippen molar-refractivity contribution in [2.75, 3.05) is 5.32 Å². The number of nitrogens with one attached hydrogen (secondary N) is 1. The Morgan fingerprint density at radius 2 is 1.89 bits per heavy atom. The third-order valence-corrected chi connectivity index (χ3v) is 5.07. The van der Waals surface area contributed by atoms with Gasteiger partial charge in [0.2, 0.25) is 0 Å². The Bertz CT molecular complexity index is 1050. The van der Waals surface area contributed by atoms with Gasteiger partial charge in [-0.1, -0.05) is 26.0 Å². The number of nitriles is 1. The first-order valence-electron chi connectivity index (χ1n) is 8.65. The summed E-state index contributed by atoms with van der Waals surface area (Å²) in [6.07, 6.45) is 1.64. The summed E-state index contributed by atoms with van der Waals surface area (Å²) < 4.78 is 0. The van der Waals surface area contributed by atoms with Crippen molar-refractivity contribution in [1.29, 1.82) is 5.26 Å². The minimum atomic E-state index is -0.438. The SMILES string of the molecule is CC(C)c1ccc(N/C=C(/C#N)c2nc(-c3ccc([N+](=O)[O-])cc3)cs2)cc1. The van der Waals surface area contributed by atoms with Crippen molar-refractivity contribution < 1.29 is 4.92 Å². The molecule has 1 aromatic heterocycles. The van der Waals surface area contributed by atoms with Crippen molar-refractivity contribution in [1.82, 2.24) is 4.98 Å². The molecule has 3 aromatic rings. The number of benzene rings is 2. The van der Waals surface area contributed by atoms with E-state index in [2.05, 4.69) is 42.4 Å². The summed E-state index contributed by atoms with van der Waals surface area (Å²) in [6, 6.07) is 16.4. The van der Waals surface area contributed by atoms with Crippen molar-refractivity contribution in [2.24, 2.45) is 0 Å². The zero-order valence-electron chi connectivity index (χ0n) is 15.4. The average Bonchev–Trinajstić information content (AvgIpc) is 3.19. The fourth-order valence-electron chi connectivity index (χ4n) is 2.55. The summed E-state index contributed by atoms with van der Waals surface area (Å²) in [5, 5.41) is 25.8. The van der Waals surface area contributed by atoms with Crippen LogP contribution >= 0.6 is 11.3 Å². The quantitative estimate of drug-likeness (QED) is 0.325. The maximum absolute atomic E-state index is 10.8. The van der Waals surface area contributed by atoms with Crippen LogP contribution in [0.25, 0.3) is 16.8 Å². The van der Waals surface area contributed by atoms with E-state index in [0.717, 1.165) is 11.3 Å². The number of hydrogen-bond acceptors (Lipinski definition) is 6. The molecule has 0 radical (unpaired) electrons. The minimum absolute atomic E-state index is 0.0319. The fourth-order valence-corrected chi connectivity index (χ4v) is 3.34. The van der Waals surface area contributed by atoms with E-state index < -0.39 is 4.92 Å². The molecule has 0 unspecified atom stereocenters. The molecule has 140 valence electrons. The second kappa shape index (κ2) is 8.46. The normalized spacial score (nSPS) is 11.3. The molecule has 0 saturated carbocycles. The number of allylic oxidation sites excluding steroid dienone is 1. The van der Waals surface area contributed by atoms with Gasteiger partial charge in [0.1, 0.15) is 16.6 Å². The average molecular weight is 390 g/mol. The molecule has 3 rings (SSSR count). The molecule has 6 nitrogen and oxygen atoms in total. The molecule has 0 aliphatic heterocycles. The number of hydrogen-bond donors (Lipinski definition) is 1. The summed E-state index contributed by atoms with van der Waals surface area (Å²) in [6.45, 7) is 4.28. The minimum Gasteiger partial charge on any atom is -0.360 e. The first-order valence-corrected chi connectivity index (χ1v) is 9.53. The molecule has 1 N–H and O–H groups in total. The number of non-ortho nitro benzene ring substituents is 1. The van der Waals surface area contributed by atoms with E-state index in [1.165, 1.54) is 29.0 Å². The molecule has 0 aliphatic rings. The van der Waals surface area contributed by atoms with Crippen LogP contribution in [-0.4, -0.2) is 9.91 Å². The third-order valence-electron chi connectivity index (χ3n) is 4.19. The Labute approximate surface area is 167 Å². The topological polar surface area (TPSA) is 91.8 Å². The molecule has 0 atom stereocenters. The molecular formula is C21H18N4O2S. The Hall–Kier alpha value is -3.50. The van der Waals surface area contributed by atoms with Crippen LogP contribution in [0.15, 0.2) is 60.1 Å². The highest BCUT2D eigenvalue weighted by atomic mass is 32.1. The third kappa shape index (κ3) is 4.42. The van der Waals surface area contributed by atoms with Crippen molar-refractivity contribution in [2.45, 2.75) is 19.8 Å². The van der Waals surface area contributed by atoms with Gasteiger partial charge in [-0.25, -0.2) is 4.98 Å². The van der Waals surface area contributed by atoms with Crippen molar-refractivity contribution in [3.63, 3.8) is 0 Å². The van der Waals surface area contributed by atoms with Crippen molar-refractivity contribution in [3.05, 3.63) is 80.8 Å². The van der Waals surface area contributed by atoms with Crippen LogP contribution in [0.4, 0.5) is 11.4 Å². The Morgan fingerprint density at radius 3 is 2.46 bits per heavy atom.